The molecule has 0 fully saturated rings. The van der Waals surface area contributed by atoms with E-state index < -0.39 is 0 Å². The predicted octanol–water partition coefficient (Wildman–Crippen LogP) is 2.60. The first kappa shape index (κ1) is 15.1. The maximum absolute atomic E-state index is 11.9. The number of ether oxygens (including phenoxy) is 1. The molecule has 0 bridgehead atoms. The van der Waals surface area contributed by atoms with Gasteiger partial charge in [0.1, 0.15) is 5.76 Å². The molecule has 0 saturated heterocycles. The Labute approximate surface area is 124 Å². The van der Waals surface area contributed by atoms with Gasteiger partial charge in [-0.15, -0.1) is 0 Å². The van der Waals surface area contributed by atoms with Crippen LogP contribution < -0.4 is 11.1 Å². The third kappa shape index (κ3) is 3.86. The molecule has 1 aromatic heterocycles. The van der Waals surface area contributed by atoms with Crippen LogP contribution in [0.25, 0.3) is 11.3 Å². The number of methoxy groups -OCH3 is 1. The van der Waals surface area contributed by atoms with Crippen molar-refractivity contribution in [3.8, 4) is 11.3 Å². The Morgan fingerprint density at radius 3 is 2.86 bits per heavy atom. The first-order chi connectivity index (χ1) is 10.1. The van der Waals surface area contributed by atoms with E-state index in [1.54, 1.807) is 19.2 Å². The normalized spacial score (nSPS) is 10.6. The summed E-state index contributed by atoms with van der Waals surface area (Å²) in [4.78, 5) is 11.9. The number of amides is 1. The number of hydrogen-bond donors (Lipinski definition) is 2. The average Bonchev–Trinajstić information content (AvgIpc) is 2.96. The zero-order valence-corrected chi connectivity index (χ0v) is 12.3. The molecule has 0 aliphatic carbocycles. The Hall–Kier alpha value is -2.27. The van der Waals surface area contributed by atoms with Gasteiger partial charge in [0.2, 0.25) is 0 Å². The van der Waals surface area contributed by atoms with Crippen LogP contribution in [0.4, 0.5) is 5.69 Å². The molecule has 1 amide bonds. The van der Waals surface area contributed by atoms with Crippen LogP contribution in [0.2, 0.25) is 0 Å². The number of aryl methyl sites for hydroxylation is 1. The van der Waals surface area contributed by atoms with Crippen molar-refractivity contribution in [3.63, 3.8) is 0 Å². The fourth-order valence-corrected chi connectivity index (χ4v) is 1.91. The molecule has 0 radical (unpaired) electrons. The Morgan fingerprint density at radius 1 is 1.33 bits per heavy atom. The van der Waals surface area contributed by atoms with Crippen LogP contribution in [-0.2, 0) is 4.74 Å². The van der Waals surface area contributed by atoms with Crippen LogP contribution in [0.3, 0.4) is 0 Å². The van der Waals surface area contributed by atoms with E-state index >= 15 is 0 Å². The van der Waals surface area contributed by atoms with Gasteiger partial charge in [-0.3, -0.25) is 4.79 Å². The number of nitrogens with one attached hydrogen (secondary N) is 1. The molecule has 0 aliphatic rings. The van der Waals surface area contributed by atoms with Crippen LogP contribution in [-0.4, -0.2) is 26.2 Å². The van der Waals surface area contributed by atoms with Crippen molar-refractivity contribution in [2.45, 2.75) is 13.3 Å². The summed E-state index contributed by atoms with van der Waals surface area (Å²) in [6, 6.07) is 9.13. The summed E-state index contributed by atoms with van der Waals surface area (Å²) >= 11 is 0. The van der Waals surface area contributed by atoms with E-state index in [1.165, 1.54) is 0 Å². The number of rotatable bonds is 6. The van der Waals surface area contributed by atoms with Gasteiger partial charge in [0.25, 0.3) is 5.91 Å². The summed E-state index contributed by atoms with van der Waals surface area (Å²) in [7, 11) is 1.63. The van der Waals surface area contributed by atoms with Crippen LogP contribution in [0.5, 0.6) is 0 Å². The molecule has 112 valence electrons. The first-order valence-electron chi connectivity index (χ1n) is 6.85. The van der Waals surface area contributed by atoms with E-state index in [9.17, 15) is 4.79 Å². The predicted molar refractivity (Wildman–Crippen MR) is 82.1 cm³/mol. The Bertz CT molecular complexity index is 620. The molecule has 1 aromatic carbocycles. The number of hydrogen-bond acceptors (Lipinski definition) is 4. The highest BCUT2D eigenvalue weighted by Gasteiger charge is 2.12. The lowest BCUT2D eigenvalue weighted by molar-refractivity contribution is 0.0922. The van der Waals surface area contributed by atoms with Crippen molar-refractivity contribution in [1.82, 2.24) is 5.32 Å². The first-order valence-corrected chi connectivity index (χ1v) is 6.85. The maximum atomic E-state index is 11.9. The Kier molecular flexibility index (Phi) is 5.00. The number of carbonyl (C=O) groups is 1. The summed E-state index contributed by atoms with van der Waals surface area (Å²) in [6.07, 6.45) is 0.768. The zero-order valence-electron chi connectivity index (χ0n) is 12.3. The van der Waals surface area contributed by atoms with Crippen LogP contribution in [0.1, 0.15) is 22.5 Å². The van der Waals surface area contributed by atoms with Gasteiger partial charge in [0.15, 0.2) is 5.76 Å². The highest BCUT2D eigenvalue weighted by Crippen LogP contribution is 2.25. The smallest absolute Gasteiger partial charge is 0.287 e. The van der Waals surface area contributed by atoms with Crippen molar-refractivity contribution in [3.05, 3.63) is 41.7 Å². The quantitative estimate of drug-likeness (QED) is 0.632. The molecule has 5 nitrogen and oxygen atoms in total. The standard InChI is InChI=1S/C16H20N2O3/c1-11-4-5-12(10-13(11)17)14-6-7-15(21-14)16(19)18-8-3-9-20-2/h4-7,10H,3,8-9,17H2,1-2H3,(H,18,19). The summed E-state index contributed by atoms with van der Waals surface area (Å²) in [5, 5.41) is 2.78. The average molecular weight is 288 g/mol. The van der Waals surface area contributed by atoms with E-state index in [2.05, 4.69) is 5.32 Å². The number of anilines is 1. The summed E-state index contributed by atoms with van der Waals surface area (Å²) in [5.74, 6) is 0.697. The fourth-order valence-electron chi connectivity index (χ4n) is 1.91. The van der Waals surface area contributed by atoms with Crippen molar-refractivity contribution >= 4 is 11.6 Å². The molecule has 5 heteroatoms. The number of nitrogens with two attached hydrogens (primary N) is 1. The third-order valence-corrected chi connectivity index (χ3v) is 3.20. The molecular weight excluding hydrogens is 268 g/mol. The topological polar surface area (TPSA) is 77.5 Å². The van der Waals surface area contributed by atoms with Gasteiger partial charge < -0.3 is 20.2 Å². The molecule has 0 aliphatic heterocycles. The minimum absolute atomic E-state index is 0.225. The number of nitrogen functional groups attached to an aromatic ring is 1. The molecule has 2 rings (SSSR count). The number of furan rings is 1. The number of benzene rings is 1. The molecule has 21 heavy (non-hydrogen) atoms. The lowest BCUT2D eigenvalue weighted by atomic mass is 10.1. The Morgan fingerprint density at radius 2 is 2.14 bits per heavy atom. The lowest BCUT2D eigenvalue weighted by Crippen LogP contribution is -2.24. The molecule has 0 atom stereocenters. The van der Waals surface area contributed by atoms with E-state index in [-0.39, 0.29) is 5.91 Å². The van der Waals surface area contributed by atoms with Gasteiger partial charge in [-0.25, -0.2) is 0 Å². The summed E-state index contributed by atoms with van der Waals surface area (Å²) < 4.78 is 10.5. The highest BCUT2D eigenvalue weighted by atomic mass is 16.5. The Balaban J connectivity index is 2.03. The zero-order chi connectivity index (χ0) is 15.2. The van der Waals surface area contributed by atoms with E-state index in [0.29, 0.717) is 30.4 Å². The minimum Gasteiger partial charge on any atom is -0.451 e. The van der Waals surface area contributed by atoms with E-state index in [4.69, 9.17) is 14.9 Å². The van der Waals surface area contributed by atoms with Crippen molar-refractivity contribution in [2.75, 3.05) is 26.0 Å². The third-order valence-electron chi connectivity index (χ3n) is 3.20. The molecule has 1 heterocycles. The SMILES string of the molecule is COCCCNC(=O)c1ccc(-c2ccc(C)c(N)c2)o1. The van der Waals surface area contributed by atoms with Crippen molar-refractivity contribution in [2.24, 2.45) is 0 Å². The highest BCUT2D eigenvalue weighted by molar-refractivity contribution is 5.92. The van der Waals surface area contributed by atoms with E-state index in [0.717, 1.165) is 17.5 Å². The van der Waals surface area contributed by atoms with Crippen molar-refractivity contribution < 1.29 is 13.9 Å². The van der Waals surface area contributed by atoms with Gasteiger partial charge in [-0.1, -0.05) is 12.1 Å². The summed E-state index contributed by atoms with van der Waals surface area (Å²) in [5.41, 5.74) is 8.46. The second kappa shape index (κ2) is 6.95. The molecule has 3 N–H and O–H groups in total. The lowest BCUT2D eigenvalue weighted by Gasteiger charge is -2.03. The fraction of sp³-hybridized carbons (Fsp3) is 0.312. The van der Waals surface area contributed by atoms with Gasteiger partial charge in [0.05, 0.1) is 0 Å². The number of carbonyl (C=O) groups excluding carboxylic acids is 1. The second-order valence-electron chi connectivity index (χ2n) is 4.84. The molecule has 0 unspecified atom stereocenters. The van der Waals surface area contributed by atoms with Crippen LogP contribution in [0, 0.1) is 6.92 Å². The van der Waals surface area contributed by atoms with Gasteiger partial charge in [0, 0.05) is 31.5 Å². The largest absolute Gasteiger partial charge is 0.451 e. The van der Waals surface area contributed by atoms with Crippen LogP contribution >= 0.6 is 0 Å². The molecular formula is C16H20N2O3. The van der Waals surface area contributed by atoms with E-state index in [1.807, 2.05) is 25.1 Å². The monoisotopic (exact) mass is 288 g/mol. The molecule has 0 saturated carbocycles. The second-order valence-corrected chi connectivity index (χ2v) is 4.84. The van der Waals surface area contributed by atoms with Gasteiger partial charge in [-0.05, 0) is 37.1 Å². The molecule has 2 aromatic rings. The van der Waals surface area contributed by atoms with Gasteiger partial charge in [-0.2, -0.15) is 0 Å². The molecule has 0 spiro atoms. The van der Waals surface area contributed by atoms with Crippen LogP contribution in [0.15, 0.2) is 34.7 Å². The van der Waals surface area contributed by atoms with Gasteiger partial charge >= 0.3 is 0 Å². The summed E-state index contributed by atoms with van der Waals surface area (Å²) in [6.45, 7) is 3.12. The van der Waals surface area contributed by atoms with Crippen molar-refractivity contribution in [1.29, 1.82) is 0 Å². The minimum atomic E-state index is -0.225. The maximum Gasteiger partial charge on any atom is 0.287 e.